The summed E-state index contributed by atoms with van der Waals surface area (Å²) in [6.45, 7) is 1.89. The number of aliphatic hydroxyl groups excluding tert-OH is 1. The van der Waals surface area contributed by atoms with Gasteiger partial charge in [0, 0.05) is 19.2 Å². The Morgan fingerprint density at radius 2 is 2.24 bits per heavy atom. The summed E-state index contributed by atoms with van der Waals surface area (Å²) in [6.07, 6.45) is 0.772. The van der Waals surface area contributed by atoms with E-state index in [4.69, 9.17) is 0 Å². The average molecular weight is 235 g/mol. The lowest BCUT2D eigenvalue weighted by Crippen LogP contribution is -2.07. The zero-order chi connectivity index (χ0) is 12.4. The summed E-state index contributed by atoms with van der Waals surface area (Å²) >= 11 is 0. The molecule has 0 saturated carbocycles. The van der Waals surface area contributed by atoms with E-state index in [1.165, 1.54) is 12.1 Å². The van der Waals surface area contributed by atoms with Crippen molar-refractivity contribution in [3.05, 3.63) is 47.3 Å². The fourth-order valence-electron chi connectivity index (χ4n) is 1.74. The Morgan fingerprint density at radius 1 is 1.47 bits per heavy atom. The van der Waals surface area contributed by atoms with Crippen LogP contribution in [0.2, 0.25) is 0 Å². The predicted octanol–water partition coefficient (Wildman–Crippen LogP) is 1.54. The molecule has 4 nitrogen and oxygen atoms in total. The molecule has 0 radical (unpaired) electrons. The van der Waals surface area contributed by atoms with Crippen LogP contribution in [0.4, 0.5) is 4.39 Å². The highest BCUT2D eigenvalue weighted by Crippen LogP contribution is 2.16. The van der Waals surface area contributed by atoms with Crippen LogP contribution in [0.3, 0.4) is 0 Å². The van der Waals surface area contributed by atoms with E-state index in [9.17, 15) is 9.50 Å². The summed E-state index contributed by atoms with van der Waals surface area (Å²) in [5, 5.41) is 14.2. The van der Waals surface area contributed by atoms with Crippen molar-refractivity contribution in [1.82, 2.24) is 14.8 Å². The van der Waals surface area contributed by atoms with Crippen LogP contribution in [0.15, 0.2) is 24.4 Å². The van der Waals surface area contributed by atoms with Crippen LogP contribution in [0.25, 0.3) is 0 Å². The molecule has 17 heavy (non-hydrogen) atoms. The lowest BCUT2D eigenvalue weighted by Gasteiger charge is -2.09. The van der Waals surface area contributed by atoms with Gasteiger partial charge in [0.25, 0.3) is 0 Å². The number of hydrogen-bond acceptors (Lipinski definition) is 3. The third-order valence-electron chi connectivity index (χ3n) is 2.59. The van der Waals surface area contributed by atoms with E-state index in [1.54, 1.807) is 4.68 Å². The van der Waals surface area contributed by atoms with Crippen molar-refractivity contribution in [3.8, 4) is 0 Å². The highest BCUT2D eigenvalue weighted by molar-refractivity contribution is 5.14. The van der Waals surface area contributed by atoms with Gasteiger partial charge in [0.05, 0.1) is 17.6 Å². The van der Waals surface area contributed by atoms with Crippen molar-refractivity contribution in [3.63, 3.8) is 0 Å². The number of aromatic nitrogens is 3. The number of aliphatic hydroxyl groups is 1. The van der Waals surface area contributed by atoms with E-state index in [0.29, 0.717) is 12.1 Å². The van der Waals surface area contributed by atoms with Gasteiger partial charge in [0.15, 0.2) is 0 Å². The molecule has 1 N–H and O–H groups in total. The monoisotopic (exact) mass is 235 g/mol. The molecule has 0 saturated heterocycles. The maximum Gasteiger partial charge on any atom is 0.141 e. The van der Waals surface area contributed by atoms with Crippen molar-refractivity contribution in [2.24, 2.45) is 7.05 Å². The third-order valence-corrected chi connectivity index (χ3v) is 2.59. The molecule has 2 aromatic heterocycles. The Hall–Kier alpha value is -1.75. The van der Waals surface area contributed by atoms with E-state index < -0.39 is 11.9 Å². The normalized spacial score (nSPS) is 12.7. The summed E-state index contributed by atoms with van der Waals surface area (Å²) in [6, 6.07) is 4.69. The summed E-state index contributed by atoms with van der Waals surface area (Å²) in [5.41, 5.74) is 2.29. The Kier molecular flexibility index (Phi) is 3.19. The maximum atomic E-state index is 12.7. The maximum absolute atomic E-state index is 12.7. The highest BCUT2D eigenvalue weighted by atomic mass is 19.1. The van der Waals surface area contributed by atoms with Crippen LogP contribution in [0.1, 0.15) is 23.2 Å². The van der Waals surface area contributed by atoms with Gasteiger partial charge in [0.2, 0.25) is 0 Å². The molecule has 1 atom stereocenters. The number of nitrogens with zero attached hydrogens (tertiary/aromatic N) is 3. The van der Waals surface area contributed by atoms with Gasteiger partial charge in [-0.15, -0.1) is 0 Å². The second kappa shape index (κ2) is 4.63. The number of rotatable bonds is 3. The zero-order valence-electron chi connectivity index (χ0n) is 9.76. The summed E-state index contributed by atoms with van der Waals surface area (Å²) in [7, 11) is 1.83. The Morgan fingerprint density at radius 3 is 2.76 bits per heavy atom. The standard InChI is InChI=1S/C12H14FN3O/c1-8-5-10(16(2)15-8)6-12(17)11-4-3-9(13)7-14-11/h3-5,7,12,17H,6H2,1-2H3. The van der Waals surface area contributed by atoms with Gasteiger partial charge >= 0.3 is 0 Å². The van der Waals surface area contributed by atoms with E-state index in [1.807, 2.05) is 20.0 Å². The topological polar surface area (TPSA) is 50.9 Å². The van der Waals surface area contributed by atoms with Gasteiger partial charge in [-0.3, -0.25) is 9.67 Å². The van der Waals surface area contributed by atoms with Crippen LogP contribution in [0, 0.1) is 12.7 Å². The van der Waals surface area contributed by atoms with Gasteiger partial charge in [-0.25, -0.2) is 4.39 Å². The minimum absolute atomic E-state index is 0.405. The summed E-state index contributed by atoms with van der Waals surface area (Å²) in [4.78, 5) is 3.86. The molecule has 0 aliphatic rings. The van der Waals surface area contributed by atoms with E-state index in [2.05, 4.69) is 10.1 Å². The molecule has 0 amide bonds. The molecule has 90 valence electrons. The molecule has 0 fully saturated rings. The molecular weight excluding hydrogens is 221 g/mol. The molecule has 0 spiro atoms. The van der Waals surface area contributed by atoms with Crippen molar-refractivity contribution in [2.75, 3.05) is 0 Å². The van der Waals surface area contributed by atoms with E-state index in [-0.39, 0.29) is 0 Å². The first-order chi connectivity index (χ1) is 8.06. The molecule has 0 bridgehead atoms. The third kappa shape index (κ3) is 2.68. The molecule has 2 aromatic rings. The van der Waals surface area contributed by atoms with E-state index >= 15 is 0 Å². The Bertz CT molecular complexity index is 507. The lowest BCUT2D eigenvalue weighted by atomic mass is 10.1. The van der Waals surface area contributed by atoms with Crippen LogP contribution >= 0.6 is 0 Å². The summed E-state index contributed by atoms with van der Waals surface area (Å²) < 4.78 is 14.4. The quantitative estimate of drug-likeness (QED) is 0.878. The fourth-order valence-corrected chi connectivity index (χ4v) is 1.74. The average Bonchev–Trinajstić information content (AvgIpc) is 2.58. The number of halogens is 1. The van der Waals surface area contributed by atoms with Gasteiger partial charge < -0.3 is 5.11 Å². The predicted molar refractivity (Wildman–Crippen MR) is 60.8 cm³/mol. The van der Waals surface area contributed by atoms with Crippen molar-refractivity contribution >= 4 is 0 Å². The fraction of sp³-hybridized carbons (Fsp3) is 0.333. The molecule has 5 heteroatoms. The summed E-state index contributed by atoms with van der Waals surface area (Å²) in [5.74, 6) is -0.405. The number of pyridine rings is 1. The van der Waals surface area contributed by atoms with Gasteiger partial charge in [-0.05, 0) is 25.1 Å². The van der Waals surface area contributed by atoms with Crippen molar-refractivity contribution in [2.45, 2.75) is 19.4 Å². The highest BCUT2D eigenvalue weighted by Gasteiger charge is 2.13. The molecular formula is C12H14FN3O. The number of hydrogen-bond donors (Lipinski definition) is 1. The zero-order valence-corrected chi connectivity index (χ0v) is 9.76. The van der Waals surface area contributed by atoms with E-state index in [0.717, 1.165) is 17.6 Å². The molecule has 0 aliphatic carbocycles. The first-order valence-electron chi connectivity index (χ1n) is 5.35. The molecule has 0 aromatic carbocycles. The van der Waals surface area contributed by atoms with Crippen LogP contribution in [-0.4, -0.2) is 19.9 Å². The second-order valence-corrected chi connectivity index (χ2v) is 4.02. The Labute approximate surface area is 98.7 Å². The van der Waals surface area contributed by atoms with Crippen LogP contribution < -0.4 is 0 Å². The largest absolute Gasteiger partial charge is 0.386 e. The minimum Gasteiger partial charge on any atom is -0.386 e. The van der Waals surface area contributed by atoms with Crippen molar-refractivity contribution in [1.29, 1.82) is 0 Å². The SMILES string of the molecule is Cc1cc(CC(O)c2ccc(F)cn2)n(C)n1. The molecule has 1 unspecified atom stereocenters. The van der Waals surface area contributed by atoms with Crippen LogP contribution in [0.5, 0.6) is 0 Å². The van der Waals surface area contributed by atoms with Gasteiger partial charge in [0.1, 0.15) is 11.9 Å². The Balaban J connectivity index is 2.13. The second-order valence-electron chi connectivity index (χ2n) is 4.02. The smallest absolute Gasteiger partial charge is 0.141 e. The first-order valence-corrected chi connectivity index (χ1v) is 5.35. The van der Waals surface area contributed by atoms with Gasteiger partial charge in [-0.2, -0.15) is 5.10 Å². The van der Waals surface area contributed by atoms with Crippen molar-refractivity contribution < 1.29 is 9.50 Å². The van der Waals surface area contributed by atoms with Gasteiger partial charge in [-0.1, -0.05) is 0 Å². The molecule has 0 aliphatic heterocycles. The molecule has 2 heterocycles. The first kappa shape index (κ1) is 11.7. The minimum atomic E-state index is -0.745. The molecule has 2 rings (SSSR count). The number of aryl methyl sites for hydroxylation is 2. The van der Waals surface area contributed by atoms with Crippen LogP contribution in [-0.2, 0) is 13.5 Å². The lowest BCUT2D eigenvalue weighted by molar-refractivity contribution is 0.171.